The van der Waals surface area contributed by atoms with Gasteiger partial charge >= 0.3 is 0 Å². The van der Waals surface area contributed by atoms with Gasteiger partial charge in [0.1, 0.15) is 12.3 Å². The number of rotatable bonds is 7. The van der Waals surface area contributed by atoms with Crippen molar-refractivity contribution >= 4 is 44.0 Å². The highest BCUT2D eigenvalue weighted by Gasteiger charge is 2.30. The summed E-state index contributed by atoms with van der Waals surface area (Å²) in [6.45, 7) is 3.16. The normalized spacial score (nSPS) is 14.3. The van der Waals surface area contributed by atoms with E-state index in [9.17, 15) is 18.0 Å². The van der Waals surface area contributed by atoms with Gasteiger partial charge in [0.2, 0.25) is 12.3 Å². The lowest BCUT2D eigenvalue weighted by atomic mass is 10.2. The third-order valence-corrected chi connectivity index (χ3v) is 7.52. The Balaban J connectivity index is 1.93. The molecule has 1 saturated heterocycles. The molecule has 10 heteroatoms. The van der Waals surface area contributed by atoms with Gasteiger partial charge in [-0.3, -0.25) is 13.9 Å². The molecule has 1 aliphatic rings. The molecule has 8 nitrogen and oxygen atoms in total. The van der Waals surface area contributed by atoms with Gasteiger partial charge < -0.3 is 14.5 Å². The Labute approximate surface area is 190 Å². The lowest BCUT2D eigenvalue weighted by Crippen LogP contribution is -2.51. The summed E-state index contributed by atoms with van der Waals surface area (Å²) in [5, 5.41) is 0. The Bertz CT molecular complexity index is 1050. The van der Waals surface area contributed by atoms with Crippen LogP contribution in [0, 0.1) is 6.92 Å². The summed E-state index contributed by atoms with van der Waals surface area (Å²) in [6.07, 6.45) is 0.756. The summed E-state index contributed by atoms with van der Waals surface area (Å²) in [4.78, 5) is 27.1. The average molecular weight is 510 g/mol. The molecule has 0 bridgehead atoms. The molecule has 0 N–H and O–H groups in total. The molecule has 0 aromatic heterocycles. The number of piperazine rings is 1. The first-order chi connectivity index (χ1) is 14.8. The van der Waals surface area contributed by atoms with E-state index >= 15 is 0 Å². The average Bonchev–Trinajstić information content (AvgIpc) is 2.78. The zero-order chi connectivity index (χ0) is 22.6. The minimum Gasteiger partial charge on any atom is -0.496 e. The fourth-order valence-corrected chi connectivity index (χ4v) is 5.39. The van der Waals surface area contributed by atoms with Gasteiger partial charge in [-0.2, -0.15) is 0 Å². The highest BCUT2D eigenvalue weighted by molar-refractivity contribution is 9.10. The number of sulfonamides is 1. The predicted octanol–water partition coefficient (Wildman–Crippen LogP) is 2.26. The van der Waals surface area contributed by atoms with E-state index in [4.69, 9.17) is 4.74 Å². The van der Waals surface area contributed by atoms with Crippen LogP contribution >= 0.6 is 15.9 Å². The maximum absolute atomic E-state index is 13.5. The molecule has 0 saturated carbocycles. The van der Waals surface area contributed by atoms with Gasteiger partial charge in [0.15, 0.2) is 0 Å². The molecule has 0 radical (unpaired) electrons. The molecule has 166 valence electrons. The van der Waals surface area contributed by atoms with E-state index in [1.54, 1.807) is 40.1 Å². The number of anilines is 1. The third-order valence-electron chi connectivity index (χ3n) is 5.13. The van der Waals surface area contributed by atoms with E-state index in [0.29, 0.717) is 42.1 Å². The fourth-order valence-electron chi connectivity index (χ4n) is 3.26. The summed E-state index contributed by atoms with van der Waals surface area (Å²) >= 11 is 3.32. The second-order valence-electron chi connectivity index (χ2n) is 7.17. The summed E-state index contributed by atoms with van der Waals surface area (Å²) in [6, 6.07) is 11.4. The molecular formula is C21H24BrN3O5S. The monoisotopic (exact) mass is 509 g/mol. The molecule has 31 heavy (non-hydrogen) atoms. The molecule has 0 unspecified atom stereocenters. The zero-order valence-corrected chi connectivity index (χ0v) is 19.7. The Morgan fingerprint density at radius 3 is 2.32 bits per heavy atom. The Hall–Kier alpha value is -2.59. The van der Waals surface area contributed by atoms with E-state index in [0.717, 1.165) is 16.3 Å². The Morgan fingerprint density at radius 2 is 1.77 bits per heavy atom. The summed E-state index contributed by atoms with van der Waals surface area (Å²) in [5.41, 5.74) is 1.38. The topological polar surface area (TPSA) is 87.2 Å². The molecule has 1 aliphatic heterocycles. The Morgan fingerprint density at radius 1 is 1.13 bits per heavy atom. The number of nitrogens with zero attached hydrogens (tertiary/aromatic N) is 3. The van der Waals surface area contributed by atoms with Crippen molar-refractivity contribution in [2.75, 3.05) is 44.1 Å². The number of carbonyl (C=O) groups excluding carboxylic acids is 2. The van der Waals surface area contributed by atoms with E-state index < -0.39 is 10.0 Å². The lowest BCUT2D eigenvalue weighted by Gasteiger charge is -2.34. The van der Waals surface area contributed by atoms with Crippen molar-refractivity contribution < 1.29 is 22.7 Å². The van der Waals surface area contributed by atoms with Crippen molar-refractivity contribution in [2.45, 2.75) is 11.8 Å². The van der Waals surface area contributed by atoms with Gasteiger partial charge in [0.05, 0.1) is 22.2 Å². The highest BCUT2D eigenvalue weighted by atomic mass is 79.9. The Kier molecular flexibility index (Phi) is 7.22. The van der Waals surface area contributed by atoms with Crippen molar-refractivity contribution in [1.29, 1.82) is 0 Å². The number of methoxy groups -OCH3 is 1. The first-order valence-corrected chi connectivity index (χ1v) is 11.9. The molecule has 2 amide bonds. The van der Waals surface area contributed by atoms with Crippen LogP contribution in [-0.4, -0.2) is 70.4 Å². The van der Waals surface area contributed by atoms with Gasteiger partial charge in [-0.1, -0.05) is 17.7 Å². The minimum absolute atomic E-state index is 0.0410. The molecule has 1 heterocycles. The van der Waals surface area contributed by atoms with Gasteiger partial charge in [-0.25, -0.2) is 8.42 Å². The maximum Gasteiger partial charge on any atom is 0.264 e. The number of amides is 2. The quantitative estimate of drug-likeness (QED) is 0.534. The van der Waals surface area contributed by atoms with Crippen LogP contribution in [-0.2, 0) is 19.6 Å². The smallest absolute Gasteiger partial charge is 0.264 e. The van der Waals surface area contributed by atoms with Crippen molar-refractivity contribution in [2.24, 2.45) is 0 Å². The number of carbonyl (C=O) groups is 2. The van der Waals surface area contributed by atoms with Crippen LogP contribution in [0.5, 0.6) is 5.75 Å². The number of halogens is 1. The summed E-state index contributed by atoms with van der Waals surface area (Å²) < 4.78 is 33.9. The van der Waals surface area contributed by atoms with Crippen LogP contribution in [0.3, 0.4) is 0 Å². The molecule has 2 aromatic rings. The number of aryl methyl sites for hydroxylation is 1. The first kappa shape index (κ1) is 23.1. The molecule has 0 spiro atoms. The van der Waals surface area contributed by atoms with E-state index in [1.807, 2.05) is 6.92 Å². The largest absolute Gasteiger partial charge is 0.496 e. The number of hydrogen-bond donors (Lipinski definition) is 0. The fraction of sp³-hybridized carbons (Fsp3) is 0.333. The SMILES string of the molecule is COc1ccc(S(=O)(=O)N(CC(=O)N2CCN(C=O)CC2)c2ccc(C)cc2)cc1Br. The molecule has 1 fully saturated rings. The zero-order valence-electron chi connectivity index (χ0n) is 17.3. The van der Waals surface area contributed by atoms with E-state index in [1.165, 1.54) is 19.2 Å². The molecule has 3 rings (SSSR count). The van der Waals surface area contributed by atoms with Crippen molar-refractivity contribution in [1.82, 2.24) is 9.80 Å². The standard InChI is InChI=1S/C21H24BrN3O5S/c1-16-3-5-17(6-4-16)25(14-21(27)24-11-9-23(15-26)10-12-24)31(28,29)18-7-8-20(30-2)19(22)13-18/h3-8,13,15H,9-12,14H2,1-2H3. The molecule has 2 aromatic carbocycles. The van der Waals surface area contributed by atoms with Crippen LogP contribution in [0.15, 0.2) is 51.8 Å². The number of benzene rings is 2. The van der Waals surface area contributed by atoms with Gasteiger partial charge in [0.25, 0.3) is 10.0 Å². The minimum atomic E-state index is -4.03. The van der Waals surface area contributed by atoms with Crippen LogP contribution < -0.4 is 9.04 Å². The molecule has 0 atom stereocenters. The van der Waals surface area contributed by atoms with Crippen molar-refractivity contribution in [3.05, 3.63) is 52.5 Å². The van der Waals surface area contributed by atoms with Crippen LogP contribution in [0.4, 0.5) is 5.69 Å². The van der Waals surface area contributed by atoms with E-state index in [-0.39, 0.29) is 17.3 Å². The van der Waals surface area contributed by atoms with Crippen LogP contribution in [0.25, 0.3) is 0 Å². The van der Waals surface area contributed by atoms with Crippen molar-refractivity contribution in [3.63, 3.8) is 0 Å². The van der Waals surface area contributed by atoms with Crippen molar-refractivity contribution in [3.8, 4) is 5.75 Å². The first-order valence-electron chi connectivity index (χ1n) is 9.66. The second kappa shape index (κ2) is 9.69. The van der Waals surface area contributed by atoms with E-state index in [2.05, 4.69) is 15.9 Å². The number of ether oxygens (including phenoxy) is 1. The molecular weight excluding hydrogens is 486 g/mol. The van der Waals surface area contributed by atoms with Gasteiger partial charge in [-0.05, 0) is 53.2 Å². The van der Waals surface area contributed by atoms with Crippen LogP contribution in [0.1, 0.15) is 5.56 Å². The second-order valence-corrected chi connectivity index (χ2v) is 9.88. The maximum atomic E-state index is 13.5. The van der Waals surface area contributed by atoms with Crippen LogP contribution in [0.2, 0.25) is 0 Å². The lowest BCUT2D eigenvalue weighted by molar-refractivity contribution is -0.133. The van der Waals surface area contributed by atoms with Gasteiger partial charge in [-0.15, -0.1) is 0 Å². The summed E-state index contributed by atoms with van der Waals surface area (Å²) in [5.74, 6) is 0.187. The van der Waals surface area contributed by atoms with Gasteiger partial charge in [0, 0.05) is 26.2 Å². The highest BCUT2D eigenvalue weighted by Crippen LogP contribution is 2.31. The number of hydrogen-bond acceptors (Lipinski definition) is 5. The predicted molar refractivity (Wildman–Crippen MR) is 121 cm³/mol. The molecule has 0 aliphatic carbocycles. The summed E-state index contributed by atoms with van der Waals surface area (Å²) in [7, 11) is -2.53. The third kappa shape index (κ3) is 5.19.